The molecule has 0 N–H and O–H groups in total. The molecule has 11 rings (SSSR count). The van der Waals surface area contributed by atoms with Gasteiger partial charge in [-0.25, -0.2) is 0 Å². The van der Waals surface area contributed by atoms with Gasteiger partial charge < -0.3 is 9.32 Å². The fraction of sp³-hybridized carbons (Fsp3) is 0.121. The number of nitrogens with zero attached hydrogens (tertiary/aromatic N) is 1. The Balaban J connectivity index is 1.16. The first-order valence-corrected chi connectivity index (χ1v) is 23.8. The summed E-state index contributed by atoms with van der Waals surface area (Å²) >= 11 is 0. The van der Waals surface area contributed by atoms with Gasteiger partial charge in [0, 0.05) is 27.5 Å². The molecule has 10 aromatic carbocycles. The lowest BCUT2D eigenvalue weighted by Gasteiger charge is -2.32. The van der Waals surface area contributed by atoms with Gasteiger partial charge in [-0.15, -0.1) is 0 Å². The molecule has 0 saturated heterocycles. The van der Waals surface area contributed by atoms with Crippen molar-refractivity contribution in [2.45, 2.75) is 52.4 Å². The topological polar surface area (TPSA) is 16.4 Å². The molecule has 0 radical (unpaired) electrons. The van der Waals surface area contributed by atoms with E-state index in [4.69, 9.17) is 4.42 Å². The zero-order valence-corrected chi connectivity index (χ0v) is 39.7. The highest BCUT2D eigenvalue weighted by Gasteiger charge is 2.26. The van der Waals surface area contributed by atoms with Crippen molar-refractivity contribution in [3.8, 4) is 55.6 Å². The fourth-order valence-corrected chi connectivity index (χ4v) is 9.93. The summed E-state index contributed by atoms with van der Waals surface area (Å²) in [6.07, 6.45) is 0. The minimum Gasteiger partial charge on any atom is -0.456 e. The molecule has 0 unspecified atom stereocenters. The summed E-state index contributed by atoms with van der Waals surface area (Å²) in [5.74, 6) is 0. The van der Waals surface area contributed by atoms with Crippen LogP contribution in [0.25, 0.3) is 88.3 Å². The predicted octanol–water partition coefficient (Wildman–Crippen LogP) is 19.1. The normalized spacial score (nSPS) is 12.0. The molecular formula is C66H55NO. The lowest BCUT2D eigenvalue weighted by atomic mass is 9.78. The van der Waals surface area contributed by atoms with Crippen LogP contribution in [0.4, 0.5) is 17.1 Å². The Morgan fingerprint density at radius 2 is 0.779 bits per heavy atom. The zero-order valence-electron chi connectivity index (χ0n) is 39.7. The van der Waals surface area contributed by atoms with Gasteiger partial charge in [-0.2, -0.15) is 0 Å². The third-order valence-electron chi connectivity index (χ3n) is 13.6. The first-order valence-electron chi connectivity index (χ1n) is 23.8. The molecule has 0 fully saturated rings. The van der Waals surface area contributed by atoms with E-state index in [1.54, 1.807) is 0 Å². The lowest BCUT2D eigenvalue weighted by Crippen LogP contribution is -2.16. The van der Waals surface area contributed by atoms with Crippen LogP contribution in [0.1, 0.15) is 52.7 Å². The van der Waals surface area contributed by atoms with Gasteiger partial charge in [-0.3, -0.25) is 0 Å². The van der Waals surface area contributed by atoms with Gasteiger partial charge >= 0.3 is 0 Å². The van der Waals surface area contributed by atoms with E-state index < -0.39 is 0 Å². The molecule has 0 aliphatic carbocycles. The van der Waals surface area contributed by atoms with E-state index >= 15 is 0 Å². The van der Waals surface area contributed by atoms with Crippen LogP contribution >= 0.6 is 0 Å². The van der Waals surface area contributed by atoms with Crippen LogP contribution in [0.15, 0.2) is 229 Å². The Morgan fingerprint density at radius 1 is 0.309 bits per heavy atom. The molecule has 1 heterocycles. The number of benzene rings is 10. The molecule has 68 heavy (non-hydrogen) atoms. The molecule has 0 aliphatic heterocycles. The second-order valence-corrected chi connectivity index (χ2v) is 20.1. The summed E-state index contributed by atoms with van der Waals surface area (Å²) < 4.78 is 6.51. The minimum absolute atomic E-state index is 0.0197. The van der Waals surface area contributed by atoms with Gasteiger partial charge in [-0.1, -0.05) is 230 Å². The van der Waals surface area contributed by atoms with Crippen molar-refractivity contribution in [1.29, 1.82) is 0 Å². The summed E-state index contributed by atoms with van der Waals surface area (Å²) in [5.41, 5.74) is 19.3. The van der Waals surface area contributed by atoms with Crippen molar-refractivity contribution in [3.63, 3.8) is 0 Å². The largest absolute Gasteiger partial charge is 0.456 e. The number of furan rings is 1. The van der Waals surface area contributed by atoms with Gasteiger partial charge in [0.1, 0.15) is 11.2 Å². The van der Waals surface area contributed by atoms with Crippen LogP contribution in [-0.4, -0.2) is 0 Å². The van der Waals surface area contributed by atoms with Crippen molar-refractivity contribution < 1.29 is 4.42 Å². The highest BCUT2D eigenvalue weighted by Crippen LogP contribution is 2.50. The number of hydrogen-bond acceptors (Lipinski definition) is 2. The van der Waals surface area contributed by atoms with E-state index in [1.165, 1.54) is 49.7 Å². The van der Waals surface area contributed by atoms with Crippen molar-refractivity contribution in [3.05, 3.63) is 236 Å². The van der Waals surface area contributed by atoms with Gasteiger partial charge in [0.05, 0.1) is 17.1 Å². The summed E-state index contributed by atoms with van der Waals surface area (Å²) in [5, 5.41) is 4.68. The van der Waals surface area contributed by atoms with E-state index in [1.807, 2.05) is 6.07 Å². The highest BCUT2D eigenvalue weighted by molar-refractivity contribution is 6.10. The van der Waals surface area contributed by atoms with Gasteiger partial charge in [0.25, 0.3) is 0 Å². The average Bonchev–Trinajstić information content (AvgIpc) is 3.74. The van der Waals surface area contributed by atoms with Gasteiger partial charge in [-0.05, 0) is 108 Å². The monoisotopic (exact) mass is 877 g/mol. The number of hydrogen-bond donors (Lipinski definition) is 0. The standard InChI is InChI=1S/C66H55NO/c1-65(2,3)50-40-49(41-51(43-50)66(4,5)6)54-28-18-22-47-23-19-29-58(64(47)54)55-26-12-16-32-61(55)67(59-30-14-10-24-52(59)46-36-34-45(35-37-46)44-20-8-7-9-21-44)60-31-15-11-25-53(60)48-38-39-57-56-27-13-17-33-62(56)68-63(57)42-48/h7-43H,1-6H3. The second kappa shape index (κ2) is 17.0. The van der Waals surface area contributed by atoms with Crippen LogP contribution in [0, 0.1) is 0 Å². The first kappa shape index (κ1) is 42.7. The third-order valence-corrected chi connectivity index (χ3v) is 13.6. The Bertz CT molecular complexity index is 3600. The quantitative estimate of drug-likeness (QED) is 0.151. The molecular weight excluding hydrogens is 823 g/mol. The first-order chi connectivity index (χ1) is 33.0. The summed E-state index contributed by atoms with van der Waals surface area (Å²) in [4.78, 5) is 2.49. The highest BCUT2D eigenvalue weighted by atomic mass is 16.3. The maximum atomic E-state index is 6.51. The molecule has 0 aliphatic rings. The minimum atomic E-state index is -0.0197. The van der Waals surface area contributed by atoms with Crippen LogP contribution < -0.4 is 4.90 Å². The predicted molar refractivity (Wildman–Crippen MR) is 290 cm³/mol. The molecule has 0 bridgehead atoms. The molecule has 2 heteroatoms. The summed E-state index contributed by atoms with van der Waals surface area (Å²) in [7, 11) is 0. The van der Waals surface area contributed by atoms with E-state index in [-0.39, 0.29) is 10.8 Å². The fourth-order valence-electron chi connectivity index (χ4n) is 9.93. The smallest absolute Gasteiger partial charge is 0.136 e. The maximum absolute atomic E-state index is 6.51. The van der Waals surface area contributed by atoms with Crippen molar-refractivity contribution in [1.82, 2.24) is 0 Å². The number of fused-ring (bicyclic) bond motifs is 4. The molecule has 0 saturated carbocycles. The number of rotatable bonds is 8. The summed E-state index contributed by atoms with van der Waals surface area (Å²) in [6.45, 7) is 13.9. The van der Waals surface area contributed by atoms with E-state index in [9.17, 15) is 0 Å². The van der Waals surface area contributed by atoms with Crippen LogP contribution in [0.3, 0.4) is 0 Å². The average molecular weight is 878 g/mol. The Morgan fingerprint density at radius 3 is 1.43 bits per heavy atom. The van der Waals surface area contributed by atoms with Crippen LogP contribution in [0.2, 0.25) is 0 Å². The maximum Gasteiger partial charge on any atom is 0.136 e. The lowest BCUT2D eigenvalue weighted by molar-refractivity contribution is 0.569. The second-order valence-electron chi connectivity index (χ2n) is 20.1. The van der Waals surface area contributed by atoms with Gasteiger partial charge in [0.2, 0.25) is 0 Å². The number of para-hydroxylation sites is 4. The van der Waals surface area contributed by atoms with Crippen molar-refractivity contribution in [2.75, 3.05) is 4.90 Å². The molecule has 330 valence electrons. The van der Waals surface area contributed by atoms with Crippen LogP contribution in [0.5, 0.6) is 0 Å². The SMILES string of the molecule is CC(C)(C)c1cc(-c2cccc3cccc(-c4ccccc4N(c4ccccc4-c4ccc(-c5ccccc5)cc4)c4ccccc4-c4ccc5c(c4)oc4ccccc45)c23)cc(C(C)(C)C)c1. The number of anilines is 3. The van der Waals surface area contributed by atoms with Crippen LogP contribution in [-0.2, 0) is 10.8 Å². The van der Waals surface area contributed by atoms with E-state index in [0.717, 1.165) is 66.8 Å². The molecule has 1 aromatic heterocycles. The molecule has 0 spiro atoms. The Kier molecular flexibility index (Phi) is 10.7. The molecule has 0 amide bonds. The molecule has 11 aromatic rings. The molecule has 0 atom stereocenters. The van der Waals surface area contributed by atoms with Crippen molar-refractivity contribution in [2.24, 2.45) is 0 Å². The summed E-state index contributed by atoms with van der Waals surface area (Å²) in [6, 6.07) is 82.1. The third kappa shape index (κ3) is 7.86. The van der Waals surface area contributed by atoms with Crippen molar-refractivity contribution >= 4 is 49.8 Å². The van der Waals surface area contributed by atoms with E-state index in [2.05, 4.69) is 265 Å². The van der Waals surface area contributed by atoms with E-state index in [0.29, 0.717) is 0 Å². The Hall–Kier alpha value is -7.94. The van der Waals surface area contributed by atoms with Gasteiger partial charge in [0.15, 0.2) is 0 Å². The zero-order chi connectivity index (χ0) is 46.6. The molecule has 2 nitrogen and oxygen atoms in total. The Labute approximate surface area is 400 Å².